The van der Waals surface area contributed by atoms with Gasteiger partial charge in [0.25, 0.3) is 12.3 Å². The number of benzene rings is 1. The predicted octanol–water partition coefficient (Wildman–Crippen LogP) is 2.99. The number of alkyl halides is 2. The van der Waals surface area contributed by atoms with Crippen molar-refractivity contribution < 1.29 is 32.9 Å². The summed E-state index contributed by atoms with van der Waals surface area (Å²) < 4.78 is 42.6. The van der Waals surface area contributed by atoms with Gasteiger partial charge < -0.3 is 34.4 Å². The van der Waals surface area contributed by atoms with Gasteiger partial charge in [-0.25, -0.2) is 18.7 Å². The van der Waals surface area contributed by atoms with Gasteiger partial charge in [-0.15, -0.1) is 0 Å². The number of aliphatic hydroxyl groups excluding tert-OH is 1. The second kappa shape index (κ2) is 14.6. The van der Waals surface area contributed by atoms with E-state index < -0.39 is 18.4 Å². The van der Waals surface area contributed by atoms with Crippen LogP contribution in [0.5, 0.6) is 11.6 Å². The Balaban J connectivity index is 1.11. The number of carbonyl (C=O) groups excluding carboxylic acids is 1. The van der Waals surface area contributed by atoms with E-state index in [2.05, 4.69) is 31.2 Å². The molecule has 254 valence electrons. The van der Waals surface area contributed by atoms with Crippen molar-refractivity contribution in [1.82, 2.24) is 24.8 Å². The SMILES string of the molecule is COc1nc(Nc2ncc(C)c(-c3ccc(OC4CCN(C(=O)[C@@H](O)C(F)F)CC4)c(C#N)c3)n2)ccc1N1CCN(C2COC2)CC1. The molecular weight excluding hydrogens is 626 g/mol. The zero-order valence-electron chi connectivity index (χ0n) is 26.8. The van der Waals surface area contributed by atoms with Gasteiger partial charge in [0.15, 0.2) is 6.10 Å². The molecule has 15 heteroatoms. The number of nitriles is 1. The average Bonchev–Trinajstić information content (AvgIpc) is 3.08. The van der Waals surface area contributed by atoms with Crippen molar-refractivity contribution in [3.05, 3.63) is 47.7 Å². The molecule has 6 rings (SSSR count). The Labute approximate surface area is 277 Å². The van der Waals surface area contributed by atoms with Gasteiger partial charge >= 0.3 is 0 Å². The summed E-state index contributed by atoms with van der Waals surface area (Å²) in [6.45, 7) is 7.48. The Bertz CT molecular complexity index is 1650. The molecule has 0 spiro atoms. The van der Waals surface area contributed by atoms with Gasteiger partial charge in [-0.3, -0.25) is 9.69 Å². The van der Waals surface area contributed by atoms with E-state index in [1.165, 1.54) is 4.90 Å². The number of aromatic nitrogens is 3. The molecular formula is C33H38F2N8O5. The minimum atomic E-state index is -3.13. The molecule has 3 aromatic rings. The summed E-state index contributed by atoms with van der Waals surface area (Å²) in [5.41, 5.74) is 3.34. The zero-order chi connectivity index (χ0) is 33.8. The number of methoxy groups -OCH3 is 1. The van der Waals surface area contributed by atoms with Crippen LogP contribution in [0.15, 0.2) is 36.5 Å². The molecule has 3 fully saturated rings. The molecule has 1 atom stereocenters. The largest absolute Gasteiger partial charge is 0.489 e. The van der Waals surface area contributed by atoms with Crippen molar-refractivity contribution in [2.45, 2.75) is 44.4 Å². The van der Waals surface area contributed by atoms with Crippen LogP contribution in [0.1, 0.15) is 24.0 Å². The minimum Gasteiger partial charge on any atom is -0.489 e. The Morgan fingerprint density at radius 1 is 1.10 bits per heavy atom. The Morgan fingerprint density at radius 2 is 1.85 bits per heavy atom. The van der Waals surface area contributed by atoms with Crippen molar-refractivity contribution in [2.24, 2.45) is 0 Å². The van der Waals surface area contributed by atoms with E-state index in [1.807, 2.05) is 19.1 Å². The molecule has 5 heterocycles. The number of nitrogens with one attached hydrogen (secondary N) is 1. The summed E-state index contributed by atoms with van der Waals surface area (Å²) in [5, 5.41) is 22.5. The van der Waals surface area contributed by atoms with Crippen LogP contribution in [0, 0.1) is 18.3 Å². The first-order chi connectivity index (χ1) is 23.2. The number of likely N-dealkylation sites (tertiary alicyclic amines) is 1. The van der Waals surface area contributed by atoms with Crippen LogP contribution < -0.4 is 19.7 Å². The normalized spacial score (nSPS) is 18.3. The first-order valence-electron chi connectivity index (χ1n) is 15.9. The highest BCUT2D eigenvalue weighted by Gasteiger charge is 2.33. The predicted molar refractivity (Wildman–Crippen MR) is 172 cm³/mol. The van der Waals surface area contributed by atoms with Gasteiger partial charge in [-0.1, -0.05) is 0 Å². The standard InChI is InChI=1S/C33H38F2N8O5/c1-20-17-37-33(39-27-6-4-25(31(38-27)46-2)42-13-11-41(12-14-42)23-18-47-19-23)40-28(20)21-3-5-26(22(15-21)16-36)48-24-7-9-43(10-8-24)32(45)29(44)30(34)35/h3-6,15,17,23-24,29-30,44H,7-14,18-19H2,1-2H3,(H,37,38,39,40)/t29-/m0/s1. The monoisotopic (exact) mass is 664 g/mol. The van der Waals surface area contributed by atoms with Crippen molar-refractivity contribution >= 4 is 23.4 Å². The van der Waals surface area contributed by atoms with Crippen LogP contribution in [-0.4, -0.2) is 120 Å². The molecule has 0 unspecified atom stereocenters. The van der Waals surface area contributed by atoms with Gasteiger partial charge in [0.05, 0.1) is 37.6 Å². The summed E-state index contributed by atoms with van der Waals surface area (Å²) in [7, 11) is 1.60. The minimum absolute atomic E-state index is 0.167. The third-order valence-corrected chi connectivity index (χ3v) is 8.95. The van der Waals surface area contributed by atoms with Crippen molar-refractivity contribution in [3.63, 3.8) is 0 Å². The molecule has 0 saturated carbocycles. The summed E-state index contributed by atoms with van der Waals surface area (Å²) in [5.74, 6) is 0.736. The molecule has 0 aliphatic carbocycles. The molecule has 0 radical (unpaired) electrons. The van der Waals surface area contributed by atoms with Crippen LogP contribution in [0.25, 0.3) is 11.3 Å². The van der Waals surface area contributed by atoms with Gasteiger partial charge in [-0.05, 0) is 42.8 Å². The second-order valence-corrected chi connectivity index (χ2v) is 12.0. The average molecular weight is 665 g/mol. The van der Waals surface area contributed by atoms with Crippen LogP contribution in [0.4, 0.5) is 26.2 Å². The molecule has 3 aliphatic heterocycles. The number of piperidine rings is 1. The number of hydrogen-bond acceptors (Lipinski definition) is 12. The maximum Gasteiger partial charge on any atom is 0.273 e. The molecule has 2 N–H and O–H groups in total. The Hall–Kier alpha value is -4.65. The van der Waals surface area contributed by atoms with Gasteiger partial charge in [0.1, 0.15) is 29.4 Å². The Morgan fingerprint density at radius 3 is 2.50 bits per heavy atom. The maximum absolute atomic E-state index is 12.7. The number of anilines is 3. The third kappa shape index (κ3) is 7.25. The molecule has 1 aromatic carbocycles. The second-order valence-electron chi connectivity index (χ2n) is 12.0. The molecule has 3 saturated heterocycles. The summed E-state index contributed by atoms with van der Waals surface area (Å²) in [6, 6.07) is 11.8. The lowest BCUT2D eigenvalue weighted by Crippen LogP contribution is -2.56. The van der Waals surface area contributed by atoms with Crippen molar-refractivity contribution in [1.29, 1.82) is 5.26 Å². The fourth-order valence-electron chi connectivity index (χ4n) is 6.10. The summed E-state index contributed by atoms with van der Waals surface area (Å²) >= 11 is 0. The van der Waals surface area contributed by atoms with E-state index in [0.717, 1.165) is 50.6 Å². The number of amides is 1. The number of ether oxygens (including phenoxy) is 3. The molecule has 1 amide bonds. The first-order valence-corrected chi connectivity index (χ1v) is 15.9. The van der Waals surface area contributed by atoms with E-state index in [9.17, 15) is 23.9 Å². The lowest BCUT2D eigenvalue weighted by Gasteiger charge is -2.43. The summed E-state index contributed by atoms with van der Waals surface area (Å²) in [4.78, 5) is 31.8. The Kier molecular flexibility index (Phi) is 10.1. The highest BCUT2D eigenvalue weighted by molar-refractivity contribution is 5.81. The summed E-state index contributed by atoms with van der Waals surface area (Å²) in [6.07, 6.45) is -3.34. The maximum atomic E-state index is 12.7. The van der Waals surface area contributed by atoms with Crippen LogP contribution in [0.2, 0.25) is 0 Å². The van der Waals surface area contributed by atoms with Gasteiger partial charge in [-0.2, -0.15) is 10.2 Å². The number of hydrogen-bond donors (Lipinski definition) is 2. The third-order valence-electron chi connectivity index (χ3n) is 8.95. The number of nitrogens with zero attached hydrogens (tertiary/aromatic N) is 7. The molecule has 0 bridgehead atoms. The molecule has 13 nitrogen and oxygen atoms in total. The van der Waals surface area contributed by atoms with E-state index in [4.69, 9.17) is 19.2 Å². The van der Waals surface area contributed by atoms with E-state index in [0.29, 0.717) is 59.1 Å². The van der Waals surface area contributed by atoms with E-state index >= 15 is 0 Å². The fourth-order valence-corrected chi connectivity index (χ4v) is 6.10. The first kappa shape index (κ1) is 33.3. The molecule has 48 heavy (non-hydrogen) atoms. The zero-order valence-corrected chi connectivity index (χ0v) is 26.8. The highest BCUT2D eigenvalue weighted by atomic mass is 19.3. The van der Waals surface area contributed by atoms with Crippen molar-refractivity contribution in [3.8, 4) is 29.0 Å². The van der Waals surface area contributed by atoms with Crippen molar-refractivity contribution in [2.75, 3.05) is 69.8 Å². The topological polar surface area (TPSA) is 149 Å². The lowest BCUT2D eigenvalue weighted by molar-refractivity contribution is -0.150. The number of halogens is 2. The van der Waals surface area contributed by atoms with Crippen LogP contribution in [-0.2, 0) is 9.53 Å². The van der Waals surface area contributed by atoms with E-state index in [1.54, 1.807) is 31.5 Å². The van der Waals surface area contributed by atoms with E-state index in [-0.39, 0.29) is 19.2 Å². The number of carbonyl (C=O) groups is 1. The highest BCUT2D eigenvalue weighted by Crippen LogP contribution is 2.32. The lowest BCUT2D eigenvalue weighted by atomic mass is 10.0. The molecule has 3 aliphatic rings. The van der Waals surface area contributed by atoms with Crippen LogP contribution in [0.3, 0.4) is 0 Å². The van der Waals surface area contributed by atoms with Gasteiger partial charge in [0, 0.05) is 63.9 Å². The number of aryl methyl sites for hydroxylation is 1. The number of aliphatic hydroxyl groups is 1. The van der Waals surface area contributed by atoms with Gasteiger partial charge in [0.2, 0.25) is 11.8 Å². The number of rotatable bonds is 10. The quantitative estimate of drug-likeness (QED) is 0.328. The molecule has 2 aromatic heterocycles. The fraction of sp³-hybridized carbons (Fsp3) is 0.485. The smallest absolute Gasteiger partial charge is 0.273 e. The number of piperazine rings is 1. The number of pyridine rings is 1. The van der Waals surface area contributed by atoms with Crippen LogP contribution >= 0.6 is 0 Å².